The highest BCUT2D eigenvalue weighted by Gasteiger charge is 2.30. The van der Waals surface area contributed by atoms with Crippen molar-refractivity contribution in [2.24, 2.45) is 0 Å². The molecule has 0 bridgehead atoms. The highest BCUT2D eigenvalue weighted by Crippen LogP contribution is 2.15. The molecule has 0 aromatic carbocycles. The maximum absolute atomic E-state index is 11.7. The number of carbonyl (C=O) groups excluding carboxylic acids is 3. The molecule has 1 fully saturated rings. The molecule has 1 saturated heterocycles. The largest absolute Gasteiger partial charge is 0.392 e. The van der Waals surface area contributed by atoms with E-state index in [0.29, 0.717) is 5.75 Å². The lowest BCUT2D eigenvalue weighted by Crippen LogP contribution is -2.37. The zero-order chi connectivity index (χ0) is 20.5. The minimum Gasteiger partial charge on any atom is -0.392 e. The van der Waals surface area contributed by atoms with E-state index in [4.69, 9.17) is 4.74 Å². The molecule has 0 aliphatic carbocycles. The monoisotopic (exact) mass is 413 g/mol. The summed E-state index contributed by atoms with van der Waals surface area (Å²) in [5.41, 5.74) is 0. The van der Waals surface area contributed by atoms with Crippen LogP contribution in [0.15, 0.2) is 0 Å². The van der Waals surface area contributed by atoms with E-state index in [2.05, 4.69) is 12.2 Å². The Labute approximate surface area is 175 Å². The summed E-state index contributed by atoms with van der Waals surface area (Å²) in [6.07, 6.45) is 19.4. The molecule has 1 unspecified atom stereocenters. The van der Waals surface area contributed by atoms with Gasteiger partial charge in [-0.15, -0.1) is 0 Å². The second-order valence-corrected chi connectivity index (χ2v) is 8.78. The van der Waals surface area contributed by atoms with Gasteiger partial charge < -0.3 is 10.1 Å². The van der Waals surface area contributed by atoms with Crippen LogP contribution in [0.3, 0.4) is 0 Å². The Morgan fingerprint density at radius 1 is 0.857 bits per heavy atom. The molecule has 1 aliphatic rings. The molecule has 0 saturated carbocycles. The van der Waals surface area contributed by atoms with Gasteiger partial charge in [0.25, 0.3) is 5.24 Å². The fraction of sp³-hybridized carbons (Fsp3) is 0.864. The Hall–Kier alpha value is -1.04. The molecular weight excluding hydrogens is 374 g/mol. The SMILES string of the molecule is CCCCCCCCCCCCCCCCCC(=O)OC(=O)C1CSC(=O)N1. The van der Waals surface area contributed by atoms with E-state index in [1.165, 1.54) is 77.0 Å². The third-order valence-corrected chi connectivity index (χ3v) is 6.04. The van der Waals surface area contributed by atoms with E-state index in [1.807, 2.05) is 0 Å². The number of rotatable bonds is 17. The molecule has 162 valence electrons. The van der Waals surface area contributed by atoms with Crippen LogP contribution in [0.4, 0.5) is 4.79 Å². The lowest BCUT2D eigenvalue weighted by molar-refractivity contribution is -0.160. The number of hydrogen-bond acceptors (Lipinski definition) is 5. The summed E-state index contributed by atoms with van der Waals surface area (Å²) < 4.78 is 4.80. The minimum atomic E-state index is -0.678. The Morgan fingerprint density at radius 3 is 1.75 bits per heavy atom. The average molecular weight is 414 g/mol. The van der Waals surface area contributed by atoms with Crippen molar-refractivity contribution < 1.29 is 19.1 Å². The minimum absolute atomic E-state index is 0.239. The van der Waals surface area contributed by atoms with E-state index >= 15 is 0 Å². The van der Waals surface area contributed by atoms with E-state index in [-0.39, 0.29) is 11.7 Å². The van der Waals surface area contributed by atoms with Gasteiger partial charge in [-0.3, -0.25) is 9.59 Å². The van der Waals surface area contributed by atoms with Gasteiger partial charge in [0, 0.05) is 12.2 Å². The van der Waals surface area contributed by atoms with Crippen LogP contribution in [0.5, 0.6) is 0 Å². The van der Waals surface area contributed by atoms with Crippen LogP contribution in [0.25, 0.3) is 0 Å². The maximum Gasteiger partial charge on any atom is 0.337 e. The Morgan fingerprint density at radius 2 is 1.32 bits per heavy atom. The standard InChI is InChI=1S/C22H39NO4S/c1-2-3-4-5-6-7-8-9-10-11-12-13-14-15-16-17-20(24)27-21(25)19-18-28-22(26)23-19/h19H,2-18H2,1H3,(H,23,26). The molecule has 1 atom stereocenters. The van der Waals surface area contributed by atoms with E-state index in [9.17, 15) is 14.4 Å². The predicted molar refractivity (Wildman–Crippen MR) is 115 cm³/mol. The Balaban J connectivity index is 1.80. The Kier molecular flexibility index (Phi) is 15.1. The van der Waals surface area contributed by atoms with Crippen LogP contribution in [0.2, 0.25) is 0 Å². The van der Waals surface area contributed by atoms with Crippen LogP contribution in [0.1, 0.15) is 110 Å². The summed E-state index contributed by atoms with van der Waals surface area (Å²) in [4.78, 5) is 34.4. The third-order valence-electron chi connectivity index (χ3n) is 5.16. The van der Waals surface area contributed by atoms with Crippen molar-refractivity contribution in [2.45, 2.75) is 116 Å². The number of amides is 1. The lowest BCUT2D eigenvalue weighted by Gasteiger charge is -2.07. The summed E-state index contributed by atoms with van der Waals surface area (Å²) in [7, 11) is 0. The molecule has 1 rings (SSSR count). The van der Waals surface area contributed by atoms with Crippen molar-refractivity contribution in [3.05, 3.63) is 0 Å². The molecule has 28 heavy (non-hydrogen) atoms. The van der Waals surface area contributed by atoms with Crippen LogP contribution in [0, 0.1) is 0 Å². The first-order valence-electron chi connectivity index (χ1n) is 11.3. The zero-order valence-electron chi connectivity index (χ0n) is 17.6. The predicted octanol–water partition coefficient (Wildman–Crippen LogP) is 6.14. The number of carbonyl (C=O) groups is 3. The molecule has 0 spiro atoms. The number of unbranched alkanes of at least 4 members (excludes halogenated alkanes) is 14. The van der Waals surface area contributed by atoms with Crippen molar-refractivity contribution in [3.8, 4) is 0 Å². The molecule has 1 N–H and O–H groups in total. The first kappa shape index (κ1) is 25.0. The van der Waals surface area contributed by atoms with Gasteiger partial charge in [0.15, 0.2) is 0 Å². The van der Waals surface area contributed by atoms with Gasteiger partial charge in [-0.1, -0.05) is 109 Å². The van der Waals surface area contributed by atoms with Gasteiger partial charge >= 0.3 is 11.9 Å². The summed E-state index contributed by atoms with van der Waals surface area (Å²) >= 11 is 1.04. The molecule has 0 aromatic heterocycles. The second kappa shape index (κ2) is 16.9. The van der Waals surface area contributed by atoms with Gasteiger partial charge in [0.1, 0.15) is 6.04 Å². The summed E-state index contributed by atoms with van der Waals surface area (Å²) in [6.45, 7) is 2.26. The quantitative estimate of drug-likeness (QED) is 0.176. The number of hydrogen-bond donors (Lipinski definition) is 1. The van der Waals surface area contributed by atoms with Crippen molar-refractivity contribution >= 4 is 28.9 Å². The summed E-state index contributed by atoms with van der Waals surface area (Å²) in [5.74, 6) is -0.778. The van der Waals surface area contributed by atoms with Crippen molar-refractivity contribution in [1.29, 1.82) is 0 Å². The third kappa shape index (κ3) is 13.2. The van der Waals surface area contributed by atoms with Gasteiger partial charge in [0.2, 0.25) is 0 Å². The van der Waals surface area contributed by atoms with Crippen molar-refractivity contribution in [2.75, 3.05) is 5.75 Å². The highest BCUT2D eigenvalue weighted by molar-refractivity contribution is 8.14. The average Bonchev–Trinajstić information content (AvgIpc) is 3.11. The molecule has 0 aromatic rings. The molecule has 6 heteroatoms. The summed E-state index contributed by atoms with van der Waals surface area (Å²) in [6, 6.07) is -0.678. The highest BCUT2D eigenvalue weighted by atomic mass is 32.2. The van der Waals surface area contributed by atoms with E-state index in [1.54, 1.807) is 0 Å². The lowest BCUT2D eigenvalue weighted by atomic mass is 10.0. The van der Waals surface area contributed by atoms with Crippen LogP contribution < -0.4 is 5.32 Å². The molecule has 0 radical (unpaired) electrons. The normalized spacial score (nSPS) is 16.2. The fourth-order valence-corrected chi connectivity index (χ4v) is 4.15. The first-order valence-corrected chi connectivity index (χ1v) is 12.3. The molecule has 5 nitrogen and oxygen atoms in total. The van der Waals surface area contributed by atoms with Crippen molar-refractivity contribution in [1.82, 2.24) is 5.32 Å². The fourth-order valence-electron chi connectivity index (χ4n) is 3.39. The van der Waals surface area contributed by atoms with E-state index < -0.39 is 18.0 Å². The van der Waals surface area contributed by atoms with E-state index in [0.717, 1.165) is 31.0 Å². The molecular formula is C22H39NO4S. The zero-order valence-corrected chi connectivity index (χ0v) is 18.5. The first-order chi connectivity index (χ1) is 13.6. The molecule has 1 heterocycles. The smallest absolute Gasteiger partial charge is 0.337 e. The Bertz CT molecular complexity index is 456. The van der Waals surface area contributed by atoms with Crippen LogP contribution >= 0.6 is 11.8 Å². The summed E-state index contributed by atoms with van der Waals surface area (Å²) in [5, 5.41) is 2.24. The second-order valence-electron chi connectivity index (χ2n) is 7.79. The number of esters is 2. The topological polar surface area (TPSA) is 72.5 Å². The van der Waals surface area contributed by atoms with Gasteiger partial charge in [-0.25, -0.2) is 4.79 Å². The van der Waals surface area contributed by atoms with Crippen LogP contribution in [-0.4, -0.2) is 29.0 Å². The maximum atomic E-state index is 11.7. The number of nitrogens with one attached hydrogen (secondary N) is 1. The molecule has 1 aliphatic heterocycles. The number of ether oxygens (including phenoxy) is 1. The van der Waals surface area contributed by atoms with Gasteiger partial charge in [0.05, 0.1) is 0 Å². The van der Waals surface area contributed by atoms with Crippen LogP contribution in [-0.2, 0) is 14.3 Å². The molecule has 1 amide bonds. The number of thioether (sulfide) groups is 1. The van der Waals surface area contributed by atoms with Gasteiger partial charge in [-0.05, 0) is 6.42 Å². The van der Waals surface area contributed by atoms with Gasteiger partial charge in [-0.2, -0.15) is 0 Å². The van der Waals surface area contributed by atoms with Crippen molar-refractivity contribution in [3.63, 3.8) is 0 Å².